The molecule has 0 amide bonds. The van der Waals surface area contributed by atoms with Crippen LogP contribution in [-0.2, 0) is 13.1 Å². The van der Waals surface area contributed by atoms with E-state index in [-0.39, 0.29) is 0 Å². The first-order valence-corrected chi connectivity index (χ1v) is 6.06. The predicted octanol–water partition coefficient (Wildman–Crippen LogP) is 2.42. The maximum Gasteiger partial charge on any atom is 0.120 e. The van der Waals surface area contributed by atoms with Gasteiger partial charge in [0.1, 0.15) is 11.5 Å². The summed E-state index contributed by atoms with van der Waals surface area (Å²) in [6, 6.07) is 2.12. The van der Waals surface area contributed by atoms with E-state index < -0.39 is 0 Å². The van der Waals surface area contributed by atoms with Crippen LogP contribution in [0.15, 0.2) is 10.5 Å². The zero-order valence-electron chi connectivity index (χ0n) is 10.5. The molecule has 0 bridgehead atoms. The quantitative estimate of drug-likeness (QED) is 0.854. The van der Waals surface area contributed by atoms with Crippen LogP contribution in [0.5, 0.6) is 0 Å². The van der Waals surface area contributed by atoms with E-state index in [1.54, 1.807) is 0 Å². The summed E-state index contributed by atoms with van der Waals surface area (Å²) in [5.74, 6) is 1.97. The van der Waals surface area contributed by atoms with E-state index in [1.165, 1.54) is 24.9 Å². The highest BCUT2D eigenvalue weighted by molar-refractivity contribution is 5.20. The van der Waals surface area contributed by atoms with E-state index in [2.05, 4.69) is 31.7 Å². The van der Waals surface area contributed by atoms with Crippen LogP contribution in [0.4, 0.5) is 0 Å². The van der Waals surface area contributed by atoms with Crippen molar-refractivity contribution in [3.63, 3.8) is 0 Å². The molecule has 0 unspecified atom stereocenters. The van der Waals surface area contributed by atoms with Crippen molar-refractivity contribution in [2.24, 2.45) is 5.73 Å². The van der Waals surface area contributed by atoms with Crippen molar-refractivity contribution >= 4 is 0 Å². The van der Waals surface area contributed by atoms with Crippen molar-refractivity contribution in [3.8, 4) is 0 Å². The van der Waals surface area contributed by atoms with Crippen molar-refractivity contribution in [2.75, 3.05) is 6.54 Å². The first kappa shape index (κ1) is 11.7. The summed E-state index contributed by atoms with van der Waals surface area (Å²) in [5.41, 5.74) is 7.10. The van der Waals surface area contributed by atoms with Gasteiger partial charge in [0.2, 0.25) is 0 Å². The molecule has 2 heterocycles. The molecule has 90 valence electrons. The third kappa shape index (κ3) is 2.15. The summed E-state index contributed by atoms with van der Waals surface area (Å²) in [4.78, 5) is 2.49. The Bertz CT molecular complexity index is 368. The summed E-state index contributed by atoms with van der Waals surface area (Å²) in [5, 5.41) is 0. The minimum Gasteiger partial charge on any atom is -0.463 e. The average molecular weight is 222 g/mol. The molecule has 1 fully saturated rings. The van der Waals surface area contributed by atoms with E-state index in [1.807, 2.05) is 0 Å². The number of nitrogens with zero attached hydrogens (tertiary/aromatic N) is 1. The zero-order chi connectivity index (χ0) is 11.8. The van der Waals surface area contributed by atoms with Gasteiger partial charge in [-0.15, -0.1) is 0 Å². The Balaban J connectivity index is 2.09. The van der Waals surface area contributed by atoms with E-state index in [4.69, 9.17) is 10.2 Å². The standard InChI is InChI=1S/C13H22N2O/c1-10-7-11(16-12(10)8-14)9-15-6-4-5-13(15,2)3/h7H,4-6,8-9,14H2,1-3H3. The molecule has 1 saturated heterocycles. The topological polar surface area (TPSA) is 42.4 Å². The SMILES string of the molecule is Cc1cc(CN2CCCC2(C)C)oc1CN. The Hall–Kier alpha value is -0.800. The van der Waals surface area contributed by atoms with Crippen molar-refractivity contribution in [1.29, 1.82) is 0 Å². The Labute approximate surface area is 97.6 Å². The van der Waals surface area contributed by atoms with E-state index in [0.717, 1.165) is 18.1 Å². The van der Waals surface area contributed by atoms with Crippen LogP contribution < -0.4 is 5.73 Å². The summed E-state index contributed by atoms with van der Waals surface area (Å²) in [7, 11) is 0. The minimum absolute atomic E-state index is 0.309. The molecule has 0 radical (unpaired) electrons. The normalized spacial score (nSPS) is 20.5. The van der Waals surface area contributed by atoms with Gasteiger partial charge in [-0.05, 0) is 51.8 Å². The Morgan fingerprint density at radius 3 is 2.75 bits per heavy atom. The number of furan rings is 1. The summed E-state index contributed by atoms with van der Waals surface area (Å²) >= 11 is 0. The first-order valence-electron chi connectivity index (χ1n) is 6.06. The van der Waals surface area contributed by atoms with Gasteiger partial charge in [0, 0.05) is 5.54 Å². The summed E-state index contributed by atoms with van der Waals surface area (Å²) in [6.07, 6.45) is 2.56. The predicted molar refractivity (Wildman–Crippen MR) is 65.1 cm³/mol. The average Bonchev–Trinajstić information content (AvgIpc) is 2.71. The van der Waals surface area contributed by atoms with Gasteiger partial charge in [0.05, 0.1) is 13.1 Å². The largest absolute Gasteiger partial charge is 0.463 e. The molecule has 16 heavy (non-hydrogen) atoms. The van der Waals surface area contributed by atoms with Gasteiger partial charge in [-0.25, -0.2) is 0 Å². The molecule has 2 N–H and O–H groups in total. The van der Waals surface area contributed by atoms with Gasteiger partial charge < -0.3 is 10.2 Å². The third-order valence-corrected chi connectivity index (χ3v) is 3.68. The second-order valence-corrected chi connectivity index (χ2v) is 5.36. The van der Waals surface area contributed by atoms with Crippen molar-refractivity contribution in [3.05, 3.63) is 23.2 Å². The maximum atomic E-state index is 5.75. The van der Waals surface area contributed by atoms with Crippen molar-refractivity contribution in [1.82, 2.24) is 4.90 Å². The van der Waals surface area contributed by atoms with Crippen LogP contribution in [0, 0.1) is 6.92 Å². The van der Waals surface area contributed by atoms with Gasteiger partial charge >= 0.3 is 0 Å². The molecular weight excluding hydrogens is 200 g/mol. The highest BCUT2D eigenvalue weighted by Crippen LogP contribution is 2.30. The molecule has 1 aliphatic heterocycles. The maximum absolute atomic E-state index is 5.75. The molecule has 1 aliphatic rings. The van der Waals surface area contributed by atoms with Crippen LogP contribution in [0.2, 0.25) is 0 Å². The van der Waals surface area contributed by atoms with Gasteiger partial charge in [-0.3, -0.25) is 4.90 Å². The second-order valence-electron chi connectivity index (χ2n) is 5.36. The summed E-state index contributed by atoms with van der Waals surface area (Å²) in [6.45, 7) is 9.25. The first-order chi connectivity index (χ1) is 7.53. The number of hydrogen-bond donors (Lipinski definition) is 1. The number of hydrogen-bond acceptors (Lipinski definition) is 3. The second kappa shape index (κ2) is 4.22. The van der Waals surface area contributed by atoms with Crippen LogP contribution >= 0.6 is 0 Å². The Kier molecular flexibility index (Phi) is 3.08. The number of nitrogens with two attached hydrogens (primary N) is 1. The lowest BCUT2D eigenvalue weighted by Crippen LogP contribution is -2.37. The van der Waals surface area contributed by atoms with Crippen molar-refractivity contribution in [2.45, 2.75) is 52.2 Å². The van der Waals surface area contributed by atoms with E-state index in [0.29, 0.717) is 12.1 Å². The van der Waals surface area contributed by atoms with E-state index in [9.17, 15) is 0 Å². The number of aryl methyl sites for hydroxylation is 1. The lowest BCUT2D eigenvalue weighted by atomic mass is 10.0. The molecular formula is C13H22N2O. The number of likely N-dealkylation sites (tertiary alicyclic amines) is 1. The smallest absolute Gasteiger partial charge is 0.120 e. The molecule has 1 aromatic heterocycles. The zero-order valence-corrected chi connectivity index (χ0v) is 10.5. The summed E-state index contributed by atoms with van der Waals surface area (Å²) < 4.78 is 5.75. The molecule has 0 atom stereocenters. The van der Waals surface area contributed by atoms with Gasteiger partial charge in [-0.2, -0.15) is 0 Å². The molecule has 0 aromatic carbocycles. The lowest BCUT2D eigenvalue weighted by molar-refractivity contribution is 0.153. The molecule has 2 rings (SSSR count). The van der Waals surface area contributed by atoms with Crippen LogP contribution in [-0.4, -0.2) is 17.0 Å². The highest BCUT2D eigenvalue weighted by Gasteiger charge is 2.32. The molecule has 0 saturated carbocycles. The monoisotopic (exact) mass is 222 g/mol. The van der Waals surface area contributed by atoms with E-state index >= 15 is 0 Å². The molecule has 3 heteroatoms. The Morgan fingerprint density at radius 1 is 1.50 bits per heavy atom. The van der Waals surface area contributed by atoms with Crippen LogP contribution in [0.25, 0.3) is 0 Å². The van der Waals surface area contributed by atoms with Gasteiger partial charge in [0.15, 0.2) is 0 Å². The van der Waals surface area contributed by atoms with Crippen molar-refractivity contribution < 1.29 is 4.42 Å². The fraction of sp³-hybridized carbons (Fsp3) is 0.692. The Morgan fingerprint density at radius 2 is 2.25 bits per heavy atom. The highest BCUT2D eigenvalue weighted by atomic mass is 16.3. The van der Waals surface area contributed by atoms with Crippen LogP contribution in [0.3, 0.4) is 0 Å². The van der Waals surface area contributed by atoms with Crippen LogP contribution in [0.1, 0.15) is 43.8 Å². The lowest BCUT2D eigenvalue weighted by Gasteiger charge is -2.30. The third-order valence-electron chi connectivity index (χ3n) is 3.68. The minimum atomic E-state index is 0.309. The molecule has 0 spiro atoms. The molecule has 0 aliphatic carbocycles. The fourth-order valence-corrected chi connectivity index (χ4v) is 2.52. The molecule has 1 aromatic rings. The molecule has 3 nitrogen and oxygen atoms in total. The van der Waals surface area contributed by atoms with Gasteiger partial charge in [-0.1, -0.05) is 0 Å². The fourth-order valence-electron chi connectivity index (χ4n) is 2.52. The number of rotatable bonds is 3. The van der Waals surface area contributed by atoms with Gasteiger partial charge in [0.25, 0.3) is 0 Å².